The number of rotatable bonds is 4. The van der Waals surface area contributed by atoms with Crippen LogP contribution in [0.1, 0.15) is 26.9 Å². The number of hydrogen-bond acceptors (Lipinski definition) is 3. The molecule has 0 aromatic heterocycles. The summed E-state index contributed by atoms with van der Waals surface area (Å²) < 4.78 is 14.0. The van der Waals surface area contributed by atoms with Crippen molar-refractivity contribution >= 4 is 46.6 Å². The average molecular weight is 441 g/mol. The Morgan fingerprint density at radius 2 is 1.87 bits per heavy atom. The van der Waals surface area contributed by atoms with Gasteiger partial charge in [-0.1, -0.05) is 41.9 Å². The van der Waals surface area contributed by atoms with E-state index in [1.807, 2.05) is 12.1 Å². The average Bonchev–Trinajstić information content (AvgIpc) is 3.12. The zero-order valence-electron chi connectivity index (χ0n) is 16.1. The highest BCUT2D eigenvalue weighted by Gasteiger charge is 2.34. The molecule has 3 aromatic carbocycles. The number of carbonyl (C=O) groups is 2. The minimum atomic E-state index is -0.339. The lowest BCUT2D eigenvalue weighted by Gasteiger charge is -2.25. The number of nitrogens with one attached hydrogen (secondary N) is 1. The summed E-state index contributed by atoms with van der Waals surface area (Å²) in [4.78, 5) is 26.5. The summed E-state index contributed by atoms with van der Waals surface area (Å²) in [7, 11) is 0. The fraction of sp³-hybridized carbons (Fsp3) is 0.130. The number of amides is 2. The van der Waals surface area contributed by atoms with Crippen molar-refractivity contribution in [3.63, 3.8) is 0 Å². The first-order valence-corrected chi connectivity index (χ1v) is 10.7. The number of anilines is 2. The van der Waals surface area contributed by atoms with Crippen LogP contribution in [0.4, 0.5) is 15.8 Å². The van der Waals surface area contributed by atoms with Crippen molar-refractivity contribution in [3.8, 4) is 0 Å². The molecular weight excluding hydrogens is 423 g/mol. The second-order valence-electron chi connectivity index (χ2n) is 6.92. The summed E-state index contributed by atoms with van der Waals surface area (Å²) in [5, 5.41) is 2.95. The Morgan fingerprint density at radius 1 is 1.13 bits per heavy atom. The first kappa shape index (κ1) is 20.4. The van der Waals surface area contributed by atoms with Crippen molar-refractivity contribution in [3.05, 3.63) is 94.3 Å². The van der Waals surface area contributed by atoms with E-state index in [4.69, 9.17) is 11.6 Å². The van der Waals surface area contributed by atoms with Crippen molar-refractivity contribution in [1.82, 2.24) is 0 Å². The van der Waals surface area contributed by atoms with Crippen molar-refractivity contribution in [2.45, 2.75) is 12.3 Å². The SMILES string of the molecule is Cc1ccc(N2C(=O)CSC2c2ccc(NC(=O)c3ccccc3Cl)cc2)cc1F. The first-order chi connectivity index (χ1) is 14.4. The first-order valence-electron chi connectivity index (χ1n) is 9.29. The molecule has 1 aliphatic rings. The number of thioether (sulfide) groups is 1. The molecule has 30 heavy (non-hydrogen) atoms. The van der Waals surface area contributed by atoms with Gasteiger partial charge in [-0.3, -0.25) is 14.5 Å². The molecule has 1 aliphatic heterocycles. The Kier molecular flexibility index (Phi) is 5.79. The van der Waals surface area contributed by atoms with Crippen LogP contribution in [0, 0.1) is 12.7 Å². The van der Waals surface area contributed by atoms with Gasteiger partial charge in [0.2, 0.25) is 5.91 Å². The van der Waals surface area contributed by atoms with E-state index in [1.54, 1.807) is 60.4 Å². The molecule has 152 valence electrons. The molecule has 0 spiro atoms. The summed E-state index contributed by atoms with van der Waals surface area (Å²) in [6.07, 6.45) is 0. The van der Waals surface area contributed by atoms with E-state index in [9.17, 15) is 14.0 Å². The summed E-state index contributed by atoms with van der Waals surface area (Å²) in [6.45, 7) is 1.69. The minimum Gasteiger partial charge on any atom is -0.322 e. The molecule has 1 fully saturated rings. The molecular formula is C23H18ClFN2O2S. The van der Waals surface area contributed by atoms with E-state index < -0.39 is 0 Å². The predicted molar refractivity (Wildman–Crippen MR) is 120 cm³/mol. The van der Waals surface area contributed by atoms with Gasteiger partial charge in [-0.2, -0.15) is 0 Å². The molecule has 0 aliphatic carbocycles. The molecule has 2 amide bonds. The highest BCUT2D eigenvalue weighted by molar-refractivity contribution is 8.00. The van der Waals surface area contributed by atoms with E-state index in [2.05, 4.69) is 5.32 Å². The maximum Gasteiger partial charge on any atom is 0.257 e. The maximum atomic E-state index is 14.0. The van der Waals surface area contributed by atoms with Crippen LogP contribution >= 0.6 is 23.4 Å². The van der Waals surface area contributed by atoms with Crippen LogP contribution in [0.5, 0.6) is 0 Å². The lowest BCUT2D eigenvalue weighted by atomic mass is 10.1. The van der Waals surface area contributed by atoms with E-state index in [1.165, 1.54) is 17.8 Å². The lowest BCUT2D eigenvalue weighted by molar-refractivity contribution is -0.115. The van der Waals surface area contributed by atoms with Gasteiger partial charge in [0.15, 0.2) is 0 Å². The lowest BCUT2D eigenvalue weighted by Crippen LogP contribution is -2.28. The van der Waals surface area contributed by atoms with E-state index in [-0.39, 0.29) is 23.0 Å². The number of hydrogen-bond donors (Lipinski definition) is 1. The van der Waals surface area contributed by atoms with Crippen LogP contribution in [0.2, 0.25) is 5.02 Å². The fourth-order valence-electron chi connectivity index (χ4n) is 3.26. The third-order valence-corrected chi connectivity index (χ3v) is 6.42. The van der Waals surface area contributed by atoms with Crippen LogP contribution in [0.25, 0.3) is 0 Å². The van der Waals surface area contributed by atoms with Gasteiger partial charge in [0.1, 0.15) is 11.2 Å². The Balaban J connectivity index is 1.54. The second-order valence-corrected chi connectivity index (χ2v) is 8.39. The normalized spacial score (nSPS) is 16.0. The van der Waals surface area contributed by atoms with Crippen molar-refractivity contribution in [2.24, 2.45) is 0 Å². The van der Waals surface area contributed by atoms with Gasteiger partial charge in [-0.05, 0) is 54.4 Å². The Hall–Kier alpha value is -2.83. The molecule has 0 saturated carbocycles. The number of halogens is 2. The number of carbonyl (C=O) groups excluding carboxylic acids is 2. The number of nitrogens with zero attached hydrogens (tertiary/aromatic N) is 1. The largest absolute Gasteiger partial charge is 0.322 e. The summed E-state index contributed by atoms with van der Waals surface area (Å²) in [5.41, 5.74) is 2.98. The quantitative estimate of drug-likeness (QED) is 0.556. The Bertz CT molecular complexity index is 1120. The molecule has 4 nitrogen and oxygen atoms in total. The molecule has 1 unspecified atom stereocenters. The van der Waals surface area contributed by atoms with Gasteiger partial charge in [-0.15, -0.1) is 11.8 Å². The minimum absolute atomic E-state index is 0.0654. The third kappa shape index (κ3) is 4.06. The standard InChI is InChI=1S/C23H18ClFN2O2S/c1-14-6-11-17(12-20(14)25)27-21(28)13-30-23(27)15-7-9-16(10-8-15)26-22(29)18-4-2-3-5-19(18)24/h2-12,23H,13H2,1H3,(H,26,29). The Labute approximate surface area is 183 Å². The van der Waals surface area contributed by atoms with Crippen molar-refractivity contribution < 1.29 is 14.0 Å². The molecule has 1 atom stereocenters. The molecule has 4 rings (SSSR count). The summed E-state index contributed by atoms with van der Waals surface area (Å²) >= 11 is 7.56. The van der Waals surface area contributed by atoms with Crippen LogP contribution in [-0.2, 0) is 4.79 Å². The molecule has 7 heteroatoms. The number of aryl methyl sites for hydroxylation is 1. The monoisotopic (exact) mass is 440 g/mol. The molecule has 1 heterocycles. The Morgan fingerprint density at radius 3 is 2.57 bits per heavy atom. The van der Waals surface area contributed by atoms with E-state index >= 15 is 0 Å². The zero-order valence-corrected chi connectivity index (χ0v) is 17.6. The smallest absolute Gasteiger partial charge is 0.257 e. The van der Waals surface area contributed by atoms with Gasteiger partial charge in [-0.25, -0.2) is 4.39 Å². The van der Waals surface area contributed by atoms with E-state index in [0.717, 1.165) is 5.56 Å². The van der Waals surface area contributed by atoms with E-state index in [0.29, 0.717) is 33.3 Å². The summed E-state index contributed by atoms with van der Waals surface area (Å²) in [5.74, 6) is -0.376. The number of benzene rings is 3. The van der Waals surface area contributed by atoms with Gasteiger partial charge in [0, 0.05) is 11.4 Å². The van der Waals surface area contributed by atoms with Crippen LogP contribution in [0.3, 0.4) is 0 Å². The van der Waals surface area contributed by atoms with Gasteiger partial charge >= 0.3 is 0 Å². The fourth-order valence-corrected chi connectivity index (χ4v) is 4.66. The zero-order chi connectivity index (χ0) is 21.3. The van der Waals surface area contributed by atoms with Crippen LogP contribution in [0.15, 0.2) is 66.7 Å². The molecule has 1 saturated heterocycles. The predicted octanol–water partition coefficient (Wildman–Crippen LogP) is 5.82. The molecule has 0 bridgehead atoms. The second kappa shape index (κ2) is 8.50. The molecule has 1 N–H and O–H groups in total. The summed E-state index contributed by atoms with van der Waals surface area (Å²) in [6, 6.07) is 18.9. The van der Waals surface area contributed by atoms with Crippen LogP contribution < -0.4 is 10.2 Å². The highest BCUT2D eigenvalue weighted by Crippen LogP contribution is 2.42. The highest BCUT2D eigenvalue weighted by atomic mass is 35.5. The topological polar surface area (TPSA) is 49.4 Å². The van der Waals surface area contributed by atoms with Gasteiger partial charge in [0.25, 0.3) is 5.91 Å². The van der Waals surface area contributed by atoms with Gasteiger partial charge in [0.05, 0.1) is 16.3 Å². The van der Waals surface area contributed by atoms with Crippen LogP contribution in [-0.4, -0.2) is 17.6 Å². The van der Waals surface area contributed by atoms with Crippen molar-refractivity contribution in [2.75, 3.05) is 16.0 Å². The molecule has 0 radical (unpaired) electrons. The third-order valence-electron chi connectivity index (χ3n) is 4.87. The molecule has 3 aromatic rings. The van der Waals surface area contributed by atoms with Gasteiger partial charge < -0.3 is 5.32 Å². The van der Waals surface area contributed by atoms with Crippen molar-refractivity contribution in [1.29, 1.82) is 0 Å². The maximum absolute atomic E-state index is 14.0.